The lowest BCUT2D eigenvalue weighted by Gasteiger charge is -2.19. The third kappa shape index (κ3) is 3.78. The van der Waals surface area contributed by atoms with Crippen molar-refractivity contribution in [2.45, 2.75) is 13.5 Å². The minimum atomic E-state index is -0.112. The molecule has 1 amide bonds. The van der Waals surface area contributed by atoms with E-state index in [-0.39, 0.29) is 11.8 Å². The second-order valence-electron chi connectivity index (χ2n) is 3.51. The van der Waals surface area contributed by atoms with Gasteiger partial charge in [-0.25, -0.2) is 0 Å². The van der Waals surface area contributed by atoms with Crippen LogP contribution < -0.4 is 0 Å². The molecule has 5 heteroatoms. The monoisotopic (exact) mass is 309 g/mol. The van der Waals surface area contributed by atoms with Crippen LogP contribution in [0.3, 0.4) is 0 Å². The van der Waals surface area contributed by atoms with Gasteiger partial charge in [0.15, 0.2) is 0 Å². The molecule has 0 N–H and O–H groups in total. The molecule has 1 unspecified atom stereocenters. The highest BCUT2D eigenvalue weighted by Crippen LogP contribution is 2.21. The Morgan fingerprint density at radius 3 is 2.87 bits per heavy atom. The van der Waals surface area contributed by atoms with Crippen LogP contribution in [-0.4, -0.2) is 23.7 Å². The van der Waals surface area contributed by atoms with E-state index in [1.54, 1.807) is 23.3 Å². The highest BCUT2D eigenvalue weighted by Gasteiger charge is 2.16. The van der Waals surface area contributed by atoms with E-state index in [1.807, 2.05) is 18.4 Å². The van der Waals surface area contributed by atoms with Gasteiger partial charge in [0.25, 0.3) is 0 Å². The van der Waals surface area contributed by atoms with Crippen LogP contribution >= 0.6 is 38.9 Å². The molecule has 0 bridgehead atoms. The molecule has 0 fully saturated rings. The minimum absolute atomic E-state index is 0.0901. The Balaban J connectivity index is 2.55. The molecule has 0 spiro atoms. The van der Waals surface area contributed by atoms with E-state index in [2.05, 4.69) is 15.9 Å². The first kappa shape index (κ1) is 13.0. The second-order valence-corrected chi connectivity index (χ2v) is 6.11. The quantitative estimate of drug-likeness (QED) is 0.781. The zero-order valence-corrected chi connectivity index (χ0v) is 11.8. The smallest absolute Gasteiger partial charge is 0.226 e. The van der Waals surface area contributed by atoms with Crippen LogP contribution in [0, 0.1) is 5.92 Å². The summed E-state index contributed by atoms with van der Waals surface area (Å²) in [4.78, 5) is 13.4. The molecule has 0 aromatic carbocycles. The van der Waals surface area contributed by atoms with Gasteiger partial charge < -0.3 is 4.90 Å². The Morgan fingerprint density at radius 1 is 1.73 bits per heavy atom. The fourth-order valence-electron chi connectivity index (χ4n) is 1.22. The molecule has 0 saturated carbocycles. The van der Waals surface area contributed by atoms with Gasteiger partial charge in [-0.3, -0.25) is 4.79 Å². The number of carbonyl (C=O) groups excluding carboxylic acids is 1. The number of amides is 1. The van der Waals surface area contributed by atoms with Gasteiger partial charge in [0.2, 0.25) is 5.91 Å². The maximum Gasteiger partial charge on any atom is 0.226 e. The molecule has 1 rings (SSSR count). The van der Waals surface area contributed by atoms with Crippen LogP contribution in [0.15, 0.2) is 15.2 Å². The standard InChI is InChI=1S/C10H13BrClNOS/c1-7(4-12)10(14)13(2)5-8-3-9(11)15-6-8/h3,6-7H,4-5H2,1-2H3. The van der Waals surface area contributed by atoms with Crippen LogP contribution in [0.25, 0.3) is 0 Å². The van der Waals surface area contributed by atoms with Crippen LogP contribution in [0.5, 0.6) is 0 Å². The van der Waals surface area contributed by atoms with E-state index in [0.717, 1.165) is 9.35 Å². The molecule has 84 valence electrons. The average Bonchev–Trinajstić information content (AvgIpc) is 2.61. The Hall–Kier alpha value is -0.0600. The van der Waals surface area contributed by atoms with E-state index >= 15 is 0 Å². The largest absolute Gasteiger partial charge is 0.341 e. The maximum absolute atomic E-state index is 11.7. The van der Waals surface area contributed by atoms with Gasteiger partial charge in [-0.2, -0.15) is 0 Å². The summed E-state index contributed by atoms with van der Waals surface area (Å²) in [6.07, 6.45) is 0. The summed E-state index contributed by atoms with van der Waals surface area (Å²) < 4.78 is 1.09. The molecule has 0 radical (unpaired) electrons. The summed E-state index contributed by atoms with van der Waals surface area (Å²) in [5.74, 6) is 0.349. The molecular formula is C10H13BrClNOS. The number of hydrogen-bond acceptors (Lipinski definition) is 2. The van der Waals surface area contributed by atoms with Crippen molar-refractivity contribution in [2.24, 2.45) is 5.92 Å². The summed E-state index contributed by atoms with van der Waals surface area (Å²) in [5, 5.41) is 2.04. The summed E-state index contributed by atoms with van der Waals surface area (Å²) in [7, 11) is 1.80. The first-order chi connectivity index (χ1) is 7.04. The minimum Gasteiger partial charge on any atom is -0.341 e. The van der Waals surface area contributed by atoms with Crippen molar-refractivity contribution in [1.29, 1.82) is 0 Å². The number of thiophene rings is 1. The second kappa shape index (κ2) is 5.87. The van der Waals surface area contributed by atoms with E-state index in [1.165, 1.54) is 0 Å². The number of nitrogens with zero attached hydrogens (tertiary/aromatic N) is 1. The highest BCUT2D eigenvalue weighted by atomic mass is 79.9. The van der Waals surface area contributed by atoms with Gasteiger partial charge in [0.05, 0.1) is 3.79 Å². The topological polar surface area (TPSA) is 20.3 Å². The lowest BCUT2D eigenvalue weighted by atomic mass is 10.2. The summed E-state index contributed by atoms with van der Waals surface area (Å²) in [6.45, 7) is 2.48. The Labute approximate surface area is 107 Å². The van der Waals surface area contributed by atoms with E-state index in [9.17, 15) is 4.79 Å². The van der Waals surface area contributed by atoms with E-state index in [4.69, 9.17) is 11.6 Å². The Kier molecular flexibility index (Phi) is 5.09. The van der Waals surface area contributed by atoms with Gasteiger partial charge in [-0.1, -0.05) is 6.92 Å². The molecule has 0 aliphatic rings. The van der Waals surface area contributed by atoms with Crippen molar-refractivity contribution in [1.82, 2.24) is 4.90 Å². The van der Waals surface area contributed by atoms with Crippen molar-refractivity contribution in [3.8, 4) is 0 Å². The molecule has 15 heavy (non-hydrogen) atoms. The predicted molar refractivity (Wildman–Crippen MR) is 68.4 cm³/mol. The fraction of sp³-hybridized carbons (Fsp3) is 0.500. The van der Waals surface area contributed by atoms with Gasteiger partial charge >= 0.3 is 0 Å². The lowest BCUT2D eigenvalue weighted by Crippen LogP contribution is -2.31. The SMILES string of the molecule is CC(CCl)C(=O)N(C)Cc1csc(Br)c1. The number of hydrogen-bond donors (Lipinski definition) is 0. The number of carbonyl (C=O) groups is 1. The fourth-order valence-corrected chi connectivity index (χ4v) is 2.56. The summed E-state index contributed by atoms with van der Waals surface area (Å²) >= 11 is 10.7. The third-order valence-electron chi connectivity index (χ3n) is 2.07. The van der Waals surface area contributed by atoms with Crippen molar-refractivity contribution in [3.63, 3.8) is 0 Å². The summed E-state index contributed by atoms with van der Waals surface area (Å²) in [6, 6.07) is 2.03. The first-order valence-electron chi connectivity index (χ1n) is 4.58. The van der Waals surface area contributed by atoms with Crippen LogP contribution in [-0.2, 0) is 11.3 Å². The number of rotatable bonds is 4. The average molecular weight is 311 g/mol. The van der Waals surface area contributed by atoms with Gasteiger partial charge in [-0.05, 0) is 32.9 Å². The van der Waals surface area contributed by atoms with E-state index in [0.29, 0.717) is 12.4 Å². The van der Waals surface area contributed by atoms with Gasteiger partial charge in [0.1, 0.15) is 0 Å². The molecule has 1 aromatic heterocycles. The van der Waals surface area contributed by atoms with Crippen LogP contribution in [0.1, 0.15) is 12.5 Å². The predicted octanol–water partition coefficient (Wildman–Crippen LogP) is 3.34. The molecule has 2 nitrogen and oxygen atoms in total. The normalized spacial score (nSPS) is 12.5. The van der Waals surface area contributed by atoms with E-state index < -0.39 is 0 Å². The third-order valence-corrected chi connectivity index (χ3v) is 4.09. The molecule has 0 aliphatic heterocycles. The number of halogens is 2. The van der Waals surface area contributed by atoms with Gasteiger partial charge in [-0.15, -0.1) is 22.9 Å². The van der Waals surface area contributed by atoms with Crippen molar-refractivity contribution in [3.05, 3.63) is 20.8 Å². The summed E-state index contributed by atoms with van der Waals surface area (Å²) in [5.41, 5.74) is 1.14. The highest BCUT2D eigenvalue weighted by molar-refractivity contribution is 9.11. The molecule has 1 atom stereocenters. The molecule has 0 aliphatic carbocycles. The maximum atomic E-state index is 11.7. The van der Waals surface area contributed by atoms with Crippen molar-refractivity contribution >= 4 is 44.8 Å². The zero-order valence-electron chi connectivity index (χ0n) is 8.67. The number of alkyl halides is 1. The zero-order chi connectivity index (χ0) is 11.4. The van der Waals surface area contributed by atoms with Crippen molar-refractivity contribution in [2.75, 3.05) is 12.9 Å². The molecular weight excluding hydrogens is 298 g/mol. The van der Waals surface area contributed by atoms with Crippen LogP contribution in [0.2, 0.25) is 0 Å². The molecule has 0 saturated heterocycles. The molecule has 1 aromatic rings. The first-order valence-corrected chi connectivity index (χ1v) is 6.79. The Morgan fingerprint density at radius 2 is 2.40 bits per heavy atom. The van der Waals surface area contributed by atoms with Crippen LogP contribution in [0.4, 0.5) is 0 Å². The van der Waals surface area contributed by atoms with Crippen molar-refractivity contribution < 1.29 is 4.79 Å². The molecule has 1 heterocycles. The van der Waals surface area contributed by atoms with Gasteiger partial charge in [0, 0.05) is 25.4 Å². The lowest BCUT2D eigenvalue weighted by molar-refractivity contribution is -0.133. The Bertz CT molecular complexity index is 342.